The summed E-state index contributed by atoms with van der Waals surface area (Å²) in [6.07, 6.45) is 1.82. The fourth-order valence-electron chi connectivity index (χ4n) is 1.37. The first kappa shape index (κ1) is 13.7. The summed E-state index contributed by atoms with van der Waals surface area (Å²) in [5.41, 5.74) is 7.97. The Morgan fingerprint density at radius 2 is 2.00 bits per heavy atom. The van der Waals surface area contributed by atoms with Gasteiger partial charge in [-0.25, -0.2) is 13.1 Å². The molecule has 0 aromatic heterocycles. The minimum absolute atomic E-state index is 0.206. The van der Waals surface area contributed by atoms with Gasteiger partial charge in [-0.3, -0.25) is 0 Å². The van der Waals surface area contributed by atoms with Gasteiger partial charge in [-0.05, 0) is 44.5 Å². The second-order valence-corrected chi connectivity index (χ2v) is 5.98. The van der Waals surface area contributed by atoms with Crippen LogP contribution in [0.2, 0.25) is 0 Å². The Morgan fingerprint density at radius 3 is 2.53 bits per heavy atom. The van der Waals surface area contributed by atoms with Crippen molar-refractivity contribution in [3.63, 3.8) is 0 Å². The highest BCUT2D eigenvalue weighted by Crippen LogP contribution is 2.15. The second kappa shape index (κ2) is 5.33. The van der Waals surface area contributed by atoms with E-state index in [9.17, 15) is 8.42 Å². The topological polar surface area (TPSA) is 72.2 Å². The van der Waals surface area contributed by atoms with Crippen LogP contribution in [0.25, 0.3) is 0 Å². The van der Waals surface area contributed by atoms with Crippen molar-refractivity contribution in [2.75, 3.05) is 12.3 Å². The van der Waals surface area contributed by atoms with Gasteiger partial charge in [0, 0.05) is 12.2 Å². The van der Waals surface area contributed by atoms with Gasteiger partial charge >= 0.3 is 0 Å². The van der Waals surface area contributed by atoms with Crippen molar-refractivity contribution in [1.29, 1.82) is 0 Å². The Labute approximate surface area is 103 Å². The van der Waals surface area contributed by atoms with E-state index in [1.807, 2.05) is 26.8 Å². The fourth-order valence-corrected chi connectivity index (χ4v) is 2.47. The summed E-state index contributed by atoms with van der Waals surface area (Å²) in [6, 6.07) is 4.79. The van der Waals surface area contributed by atoms with Gasteiger partial charge in [-0.1, -0.05) is 11.6 Å². The molecule has 1 aromatic rings. The third-order valence-corrected chi connectivity index (χ3v) is 3.57. The second-order valence-electron chi connectivity index (χ2n) is 4.21. The van der Waals surface area contributed by atoms with Crippen LogP contribution in [0.1, 0.15) is 19.4 Å². The van der Waals surface area contributed by atoms with Gasteiger partial charge in [-0.2, -0.15) is 0 Å². The first-order chi connectivity index (χ1) is 7.81. The Hall–Kier alpha value is -1.33. The summed E-state index contributed by atoms with van der Waals surface area (Å²) in [4.78, 5) is 0.206. The third kappa shape index (κ3) is 4.20. The smallest absolute Gasteiger partial charge is 0.240 e. The number of nitrogen functional groups attached to an aromatic ring is 1. The molecule has 0 unspecified atom stereocenters. The van der Waals surface area contributed by atoms with E-state index in [4.69, 9.17) is 5.73 Å². The van der Waals surface area contributed by atoms with Crippen molar-refractivity contribution >= 4 is 15.7 Å². The Kier molecular flexibility index (Phi) is 4.31. The van der Waals surface area contributed by atoms with Crippen LogP contribution in [0.5, 0.6) is 0 Å². The minimum atomic E-state index is -3.48. The number of allylic oxidation sites excluding steroid dienone is 1. The van der Waals surface area contributed by atoms with E-state index in [1.165, 1.54) is 6.07 Å². The molecule has 0 saturated carbocycles. The van der Waals surface area contributed by atoms with Crippen LogP contribution in [0.4, 0.5) is 5.69 Å². The highest BCUT2D eigenvalue weighted by Gasteiger charge is 2.13. The van der Waals surface area contributed by atoms with E-state index in [0.717, 1.165) is 11.1 Å². The first-order valence-corrected chi connectivity index (χ1v) is 6.80. The van der Waals surface area contributed by atoms with Gasteiger partial charge in [0.25, 0.3) is 0 Å². The summed E-state index contributed by atoms with van der Waals surface area (Å²) in [5, 5.41) is 0. The number of benzene rings is 1. The maximum atomic E-state index is 11.9. The van der Waals surface area contributed by atoms with E-state index in [0.29, 0.717) is 12.2 Å². The molecule has 4 nitrogen and oxygen atoms in total. The molecular weight excluding hydrogens is 236 g/mol. The molecule has 0 amide bonds. The molecule has 0 aliphatic carbocycles. The summed E-state index contributed by atoms with van der Waals surface area (Å²) < 4.78 is 26.3. The molecule has 94 valence electrons. The highest BCUT2D eigenvalue weighted by atomic mass is 32.2. The number of rotatable bonds is 4. The number of aryl methyl sites for hydroxylation is 1. The number of sulfonamides is 1. The molecule has 17 heavy (non-hydrogen) atoms. The molecular formula is C12H18N2O2S. The summed E-state index contributed by atoms with van der Waals surface area (Å²) in [5.74, 6) is 0. The van der Waals surface area contributed by atoms with Gasteiger partial charge in [0.2, 0.25) is 10.0 Å². The van der Waals surface area contributed by atoms with Crippen molar-refractivity contribution in [2.45, 2.75) is 25.7 Å². The number of nitrogens with two attached hydrogens (primary N) is 1. The van der Waals surface area contributed by atoms with Gasteiger partial charge in [0.05, 0.1) is 4.90 Å². The molecule has 0 radical (unpaired) electrons. The zero-order valence-electron chi connectivity index (χ0n) is 10.3. The molecule has 5 heteroatoms. The lowest BCUT2D eigenvalue weighted by Gasteiger charge is -2.07. The Balaban J connectivity index is 2.93. The predicted octanol–water partition coefficient (Wildman–Crippen LogP) is 1.82. The van der Waals surface area contributed by atoms with Gasteiger partial charge < -0.3 is 5.73 Å². The quantitative estimate of drug-likeness (QED) is 0.636. The average molecular weight is 254 g/mol. The molecule has 0 bridgehead atoms. The van der Waals surface area contributed by atoms with Crippen LogP contribution in [0, 0.1) is 6.92 Å². The third-order valence-electron chi connectivity index (χ3n) is 2.17. The number of anilines is 1. The van der Waals surface area contributed by atoms with E-state index < -0.39 is 10.0 Å². The number of nitrogens with one attached hydrogen (secondary N) is 1. The lowest BCUT2D eigenvalue weighted by Crippen LogP contribution is -2.24. The summed E-state index contributed by atoms with van der Waals surface area (Å²) in [7, 11) is -3.48. The first-order valence-electron chi connectivity index (χ1n) is 5.31. The van der Waals surface area contributed by atoms with Crippen LogP contribution in [-0.2, 0) is 10.0 Å². The van der Waals surface area contributed by atoms with Crippen LogP contribution in [0.15, 0.2) is 34.7 Å². The van der Waals surface area contributed by atoms with Crippen molar-refractivity contribution in [1.82, 2.24) is 4.72 Å². The van der Waals surface area contributed by atoms with Crippen LogP contribution < -0.4 is 10.5 Å². The van der Waals surface area contributed by atoms with E-state index >= 15 is 0 Å². The summed E-state index contributed by atoms with van der Waals surface area (Å²) >= 11 is 0. The molecule has 0 saturated heterocycles. The molecule has 0 aliphatic heterocycles. The largest absolute Gasteiger partial charge is 0.399 e. The maximum Gasteiger partial charge on any atom is 0.240 e. The van der Waals surface area contributed by atoms with E-state index in [-0.39, 0.29) is 4.90 Å². The van der Waals surface area contributed by atoms with Crippen LogP contribution >= 0.6 is 0 Å². The molecule has 0 atom stereocenters. The molecule has 0 spiro atoms. The highest BCUT2D eigenvalue weighted by molar-refractivity contribution is 7.89. The van der Waals surface area contributed by atoms with Gasteiger partial charge in [0.15, 0.2) is 0 Å². The monoisotopic (exact) mass is 254 g/mol. The molecule has 0 aliphatic rings. The average Bonchev–Trinajstić information content (AvgIpc) is 2.14. The normalized spacial score (nSPS) is 11.2. The van der Waals surface area contributed by atoms with Crippen molar-refractivity contribution < 1.29 is 8.42 Å². The maximum absolute atomic E-state index is 11.9. The lowest BCUT2D eigenvalue weighted by atomic mass is 10.2. The lowest BCUT2D eigenvalue weighted by molar-refractivity contribution is 0.585. The van der Waals surface area contributed by atoms with Crippen molar-refractivity contribution in [3.05, 3.63) is 35.4 Å². The van der Waals surface area contributed by atoms with Gasteiger partial charge in [0.1, 0.15) is 0 Å². The van der Waals surface area contributed by atoms with E-state index in [2.05, 4.69) is 4.72 Å². The van der Waals surface area contributed by atoms with Crippen molar-refractivity contribution in [3.8, 4) is 0 Å². The Morgan fingerprint density at radius 1 is 1.35 bits per heavy atom. The van der Waals surface area contributed by atoms with Crippen LogP contribution in [0.3, 0.4) is 0 Å². The minimum Gasteiger partial charge on any atom is -0.399 e. The SMILES string of the molecule is CC(C)=CCNS(=O)(=O)c1cc(C)cc(N)c1. The summed E-state index contributed by atoms with van der Waals surface area (Å²) in [6.45, 7) is 5.93. The van der Waals surface area contributed by atoms with Crippen LogP contribution in [-0.4, -0.2) is 15.0 Å². The number of hydrogen-bond acceptors (Lipinski definition) is 3. The molecule has 0 fully saturated rings. The van der Waals surface area contributed by atoms with Crippen molar-refractivity contribution in [2.24, 2.45) is 0 Å². The van der Waals surface area contributed by atoms with E-state index in [1.54, 1.807) is 12.1 Å². The fraction of sp³-hybridized carbons (Fsp3) is 0.333. The molecule has 0 heterocycles. The predicted molar refractivity (Wildman–Crippen MR) is 70.2 cm³/mol. The molecule has 3 N–H and O–H groups in total. The zero-order valence-corrected chi connectivity index (χ0v) is 11.1. The number of hydrogen-bond donors (Lipinski definition) is 2. The molecule has 1 aromatic carbocycles. The standard InChI is InChI=1S/C12H18N2O2S/c1-9(2)4-5-14-17(15,16)12-7-10(3)6-11(13)8-12/h4,6-8,14H,5,13H2,1-3H3. The zero-order chi connectivity index (χ0) is 13.1. The van der Waals surface area contributed by atoms with Gasteiger partial charge in [-0.15, -0.1) is 0 Å². The Bertz CT molecular complexity index is 509. The molecule has 1 rings (SSSR count).